The number of carbonyl (C=O) groups is 2. The fraction of sp³-hybridized carbons (Fsp3) is 0.167. The van der Waals surface area contributed by atoms with E-state index in [2.05, 4.69) is 0 Å². The van der Waals surface area contributed by atoms with E-state index in [9.17, 15) is 14.0 Å². The van der Waals surface area contributed by atoms with Gasteiger partial charge in [-0.15, -0.1) is 0 Å². The number of furan rings is 1. The predicted molar refractivity (Wildman–Crippen MR) is 123 cm³/mol. The van der Waals surface area contributed by atoms with Crippen LogP contribution < -0.4 is 4.74 Å². The Kier molecular flexibility index (Phi) is 6.39. The highest BCUT2D eigenvalue weighted by Crippen LogP contribution is 2.34. The first-order valence-corrected chi connectivity index (χ1v) is 11.0. The molecule has 2 aromatic carbocycles. The third kappa shape index (κ3) is 4.74. The minimum absolute atomic E-state index is 0.00959. The number of benzene rings is 2. The molecule has 4 rings (SSSR count). The van der Waals surface area contributed by atoms with E-state index in [0.717, 1.165) is 33.5 Å². The van der Waals surface area contributed by atoms with Crippen molar-refractivity contribution in [2.75, 3.05) is 13.2 Å². The fourth-order valence-electron chi connectivity index (χ4n) is 3.17. The van der Waals surface area contributed by atoms with Crippen LogP contribution in [-0.2, 0) is 4.79 Å². The monoisotopic (exact) mass is 471 g/mol. The van der Waals surface area contributed by atoms with Gasteiger partial charge < -0.3 is 9.15 Å². The van der Waals surface area contributed by atoms with Crippen LogP contribution in [-0.4, -0.2) is 29.2 Å². The van der Waals surface area contributed by atoms with Crippen molar-refractivity contribution < 1.29 is 23.1 Å². The summed E-state index contributed by atoms with van der Waals surface area (Å²) in [4.78, 5) is 26.5. The molecule has 32 heavy (non-hydrogen) atoms. The van der Waals surface area contributed by atoms with Gasteiger partial charge in [-0.1, -0.05) is 23.7 Å². The van der Waals surface area contributed by atoms with Gasteiger partial charge in [-0.2, -0.15) is 0 Å². The highest BCUT2D eigenvalue weighted by molar-refractivity contribution is 8.18. The Morgan fingerprint density at radius 3 is 2.72 bits per heavy atom. The van der Waals surface area contributed by atoms with Crippen LogP contribution in [0.25, 0.3) is 17.4 Å². The molecule has 3 aromatic rings. The van der Waals surface area contributed by atoms with Crippen LogP contribution in [0.4, 0.5) is 9.18 Å². The van der Waals surface area contributed by atoms with E-state index in [1.54, 1.807) is 18.2 Å². The number of ether oxygens (including phenoxy) is 1. The maximum atomic E-state index is 13.4. The molecule has 0 unspecified atom stereocenters. The number of rotatable bonds is 6. The van der Waals surface area contributed by atoms with Gasteiger partial charge in [0.15, 0.2) is 0 Å². The first-order chi connectivity index (χ1) is 15.3. The van der Waals surface area contributed by atoms with Gasteiger partial charge in [-0.3, -0.25) is 14.5 Å². The van der Waals surface area contributed by atoms with E-state index in [-0.39, 0.29) is 28.3 Å². The van der Waals surface area contributed by atoms with Crippen LogP contribution in [0.15, 0.2) is 57.9 Å². The number of thioether (sulfide) groups is 1. The summed E-state index contributed by atoms with van der Waals surface area (Å²) in [5.41, 5.74) is 2.66. The molecule has 0 atom stereocenters. The van der Waals surface area contributed by atoms with Crippen molar-refractivity contribution in [1.29, 1.82) is 0 Å². The van der Waals surface area contributed by atoms with Gasteiger partial charge in [0, 0.05) is 11.6 Å². The molecule has 1 fully saturated rings. The number of carbonyl (C=O) groups excluding carboxylic acids is 2. The number of aryl methyl sites for hydroxylation is 2. The molecule has 1 aliphatic rings. The summed E-state index contributed by atoms with van der Waals surface area (Å²) in [6.07, 6.45) is 1.52. The molecule has 2 amide bonds. The van der Waals surface area contributed by atoms with Crippen LogP contribution in [0.2, 0.25) is 5.02 Å². The van der Waals surface area contributed by atoms with E-state index < -0.39 is 11.7 Å². The van der Waals surface area contributed by atoms with Crippen molar-refractivity contribution in [2.24, 2.45) is 0 Å². The quantitative estimate of drug-likeness (QED) is 0.385. The Labute approximate surface area is 193 Å². The summed E-state index contributed by atoms with van der Waals surface area (Å²) in [6, 6.07) is 13.5. The molecule has 0 bridgehead atoms. The molecule has 0 aliphatic carbocycles. The van der Waals surface area contributed by atoms with Gasteiger partial charge in [0.2, 0.25) is 0 Å². The lowest BCUT2D eigenvalue weighted by atomic mass is 10.1. The van der Waals surface area contributed by atoms with E-state index in [1.165, 1.54) is 18.2 Å². The largest absolute Gasteiger partial charge is 0.491 e. The summed E-state index contributed by atoms with van der Waals surface area (Å²) < 4.78 is 24.9. The highest BCUT2D eigenvalue weighted by atomic mass is 35.5. The summed E-state index contributed by atoms with van der Waals surface area (Å²) in [6.45, 7) is 4.26. The lowest BCUT2D eigenvalue weighted by Gasteiger charge is -2.14. The molecule has 0 spiro atoms. The van der Waals surface area contributed by atoms with Crippen LogP contribution in [0.3, 0.4) is 0 Å². The van der Waals surface area contributed by atoms with Crippen molar-refractivity contribution in [2.45, 2.75) is 13.8 Å². The maximum Gasteiger partial charge on any atom is 0.293 e. The second-order valence-electron chi connectivity index (χ2n) is 7.28. The van der Waals surface area contributed by atoms with Crippen LogP contribution >= 0.6 is 23.4 Å². The molecule has 164 valence electrons. The van der Waals surface area contributed by atoms with Crippen LogP contribution in [0.5, 0.6) is 5.75 Å². The Morgan fingerprint density at radius 2 is 1.94 bits per heavy atom. The third-order valence-electron chi connectivity index (χ3n) is 4.89. The fourth-order valence-corrected chi connectivity index (χ4v) is 4.19. The second-order valence-corrected chi connectivity index (χ2v) is 8.68. The molecular weight excluding hydrogens is 453 g/mol. The normalized spacial score (nSPS) is 15.1. The first-order valence-electron chi connectivity index (χ1n) is 9.82. The summed E-state index contributed by atoms with van der Waals surface area (Å²) in [7, 11) is 0. The number of halogens is 2. The lowest BCUT2D eigenvalue weighted by Crippen LogP contribution is -2.32. The zero-order valence-electron chi connectivity index (χ0n) is 17.4. The molecule has 5 nitrogen and oxygen atoms in total. The number of amides is 2. The van der Waals surface area contributed by atoms with Crippen molar-refractivity contribution >= 4 is 40.6 Å². The van der Waals surface area contributed by atoms with Gasteiger partial charge in [-0.05, 0) is 73.1 Å². The Hall–Kier alpha value is -3.03. The average molecular weight is 472 g/mol. The Morgan fingerprint density at radius 1 is 1.12 bits per heavy atom. The zero-order chi connectivity index (χ0) is 22.8. The van der Waals surface area contributed by atoms with Gasteiger partial charge in [0.05, 0.1) is 16.5 Å². The van der Waals surface area contributed by atoms with Gasteiger partial charge >= 0.3 is 0 Å². The smallest absolute Gasteiger partial charge is 0.293 e. The number of nitrogens with zero attached hydrogens (tertiary/aromatic N) is 1. The molecule has 0 N–H and O–H groups in total. The number of imide groups is 1. The third-order valence-corrected chi connectivity index (χ3v) is 6.09. The standard InChI is InChI=1S/C24H19ClFNO4S/c1-14-3-4-15(2)21(11-14)30-10-9-27-23(28)22(32-24(27)29)13-17-6-8-20(31-17)16-5-7-19(26)18(25)12-16/h3-8,11-13H,9-10H2,1-2H3/b22-13-. The van der Waals surface area contributed by atoms with Crippen molar-refractivity contribution in [3.05, 3.63) is 81.2 Å². The molecule has 1 aliphatic heterocycles. The van der Waals surface area contributed by atoms with E-state index in [4.69, 9.17) is 20.8 Å². The maximum absolute atomic E-state index is 13.4. The Bertz CT molecular complexity index is 1240. The second kappa shape index (κ2) is 9.22. The molecular formula is C24H19ClFNO4S. The van der Waals surface area contributed by atoms with Gasteiger partial charge in [0.1, 0.15) is 29.7 Å². The molecule has 1 aromatic heterocycles. The van der Waals surface area contributed by atoms with E-state index >= 15 is 0 Å². The SMILES string of the molecule is Cc1ccc(C)c(OCCN2C(=O)S/C(=C\c3ccc(-c4ccc(F)c(Cl)c4)o3)C2=O)c1. The average Bonchev–Trinajstić information content (AvgIpc) is 3.32. The topological polar surface area (TPSA) is 59.8 Å². The molecule has 0 radical (unpaired) electrons. The summed E-state index contributed by atoms with van der Waals surface area (Å²) in [5, 5.41) is -0.368. The number of hydrogen-bond acceptors (Lipinski definition) is 5. The van der Waals surface area contributed by atoms with Gasteiger partial charge in [0.25, 0.3) is 11.1 Å². The lowest BCUT2D eigenvalue weighted by molar-refractivity contribution is -0.123. The summed E-state index contributed by atoms with van der Waals surface area (Å²) in [5.74, 6) is 0.693. The van der Waals surface area contributed by atoms with E-state index in [1.807, 2.05) is 32.0 Å². The first kappa shape index (κ1) is 22.2. The Balaban J connectivity index is 1.42. The van der Waals surface area contributed by atoms with Crippen LogP contribution in [0, 0.1) is 19.7 Å². The molecule has 2 heterocycles. The van der Waals surface area contributed by atoms with Crippen molar-refractivity contribution in [1.82, 2.24) is 4.90 Å². The predicted octanol–water partition coefficient (Wildman–Crippen LogP) is 6.47. The van der Waals surface area contributed by atoms with Crippen molar-refractivity contribution in [3.8, 4) is 17.1 Å². The summed E-state index contributed by atoms with van der Waals surface area (Å²) >= 11 is 6.68. The minimum atomic E-state index is -0.516. The number of hydrogen-bond donors (Lipinski definition) is 0. The molecule has 1 saturated heterocycles. The van der Waals surface area contributed by atoms with Gasteiger partial charge in [-0.25, -0.2) is 4.39 Å². The minimum Gasteiger partial charge on any atom is -0.491 e. The van der Waals surface area contributed by atoms with Crippen LogP contribution in [0.1, 0.15) is 16.9 Å². The zero-order valence-corrected chi connectivity index (χ0v) is 18.9. The molecule has 8 heteroatoms. The van der Waals surface area contributed by atoms with E-state index in [0.29, 0.717) is 17.1 Å². The molecule has 0 saturated carbocycles. The van der Waals surface area contributed by atoms with Crippen molar-refractivity contribution in [3.63, 3.8) is 0 Å². The highest BCUT2D eigenvalue weighted by Gasteiger charge is 2.35.